The highest BCUT2D eigenvalue weighted by Gasteiger charge is 2.68. The second kappa shape index (κ2) is 18.2. The van der Waals surface area contributed by atoms with Gasteiger partial charge in [0.15, 0.2) is 0 Å². The summed E-state index contributed by atoms with van der Waals surface area (Å²) in [7, 11) is 0. The molecule has 7 unspecified atom stereocenters. The number of halogens is 2. The summed E-state index contributed by atoms with van der Waals surface area (Å²) in [6.45, 7) is 8.23. The normalized spacial score (nSPS) is 49.9. The van der Waals surface area contributed by atoms with Crippen LogP contribution in [0, 0.1) is 63.1 Å². The van der Waals surface area contributed by atoms with E-state index < -0.39 is 23.0 Å². The Balaban J connectivity index is 0.000000214. The third-order valence-electron chi connectivity index (χ3n) is 17.7. The Morgan fingerprint density at radius 3 is 1.74 bits per heavy atom. The van der Waals surface area contributed by atoms with E-state index in [0.29, 0.717) is 37.0 Å². The third kappa shape index (κ3) is 7.75. The Morgan fingerprint density at radius 1 is 0.690 bits per heavy atom. The first-order valence-electron chi connectivity index (χ1n) is 21.9. The van der Waals surface area contributed by atoms with Crippen LogP contribution >= 0.6 is 31.9 Å². The van der Waals surface area contributed by atoms with Crippen LogP contribution in [0.4, 0.5) is 0 Å². The van der Waals surface area contributed by atoms with Crippen molar-refractivity contribution >= 4 is 43.8 Å². The number of hydrogen-bond donors (Lipinski definition) is 6. The van der Waals surface area contributed by atoms with Crippen molar-refractivity contribution in [3.63, 3.8) is 0 Å². The van der Waals surface area contributed by atoms with Gasteiger partial charge in [-0.1, -0.05) is 86.1 Å². The molecular formula is C46H76Br2O10. The van der Waals surface area contributed by atoms with E-state index >= 15 is 0 Å². The van der Waals surface area contributed by atoms with Gasteiger partial charge in [-0.2, -0.15) is 0 Å². The molecule has 7 saturated carbocycles. The molecule has 0 amide bonds. The largest absolute Gasteiger partial charge is 0.460 e. The summed E-state index contributed by atoms with van der Waals surface area (Å²) in [5, 5.41) is 63.7. The molecule has 8 aliphatic carbocycles. The van der Waals surface area contributed by atoms with Crippen molar-refractivity contribution in [3.8, 4) is 0 Å². The number of hydrogen-bond acceptors (Lipinski definition) is 10. The summed E-state index contributed by atoms with van der Waals surface area (Å²) in [6.07, 6.45) is 11.3. The second-order valence-corrected chi connectivity index (χ2v) is 22.3. The van der Waals surface area contributed by atoms with Gasteiger partial charge in [-0.15, -0.1) is 0 Å². The van der Waals surface area contributed by atoms with E-state index in [1.54, 1.807) is 13.8 Å². The average Bonchev–Trinajstić information content (AvgIpc) is 3.62. The van der Waals surface area contributed by atoms with E-state index in [-0.39, 0.29) is 109 Å². The van der Waals surface area contributed by atoms with Crippen molar-refractivity contribution < 1.29 is 49.7 Å². The molecule has 6 N–H and O–H groups in total. The lowest BCUT2D eigenvalue weighted by atomic mass is 9.44. The highest BCUT2D eigenvalue weighted by atomic mass is 79.9. The summed E-state index contributed by atoms with van der Waals surface area (Å²) in [6, 6.07) is 0. The molecule has 0 radical (unpaired) electrons. The molecular weight excluding hydrogens is 872 g/mol. The topological polar surface area (TPSA) is 174 Å². The van der Waals surface area contributed by atoms with E-state index in [2.05, 4.69) is 45.7 Å². The number of carbonyl (C=O) groups is 2. The number of esters is 2. The summed E-state index contributed by atoms with van der Waals surface area (Å²) in [5.41, 5.74) is 0.407. The average molecular weight is 949 g/mol. The van der Waals surface area contributed by atoms with Crippen LogP contribution in [0.1, 0.15) is 139 Å². The predicted molar refractivity (Wildman–Crippen MR) is 231 cm³/mol. The molecule has 8 rings (SSSR count). The summed E-state index contributed by atoms with van der Waals surface area (Å²) in [4.78, 5) is 24.1. The maximum Gasteiger partial charge on any atom is 0.305 e. The van der Waals surface area contributed by atoms with Crippen molar-refractivity contribution in [2.24, 2.45) is 63.1 Å². The molecule has 7 fully saturated rings. The lowest BCUT2D eigenvalue weighted by molar-refractivity contribution is -0.194. The van der Waals surface area contributed by atoms with Crippen LogP contribution in [0.25, 0.3) is 0 Å². The minimum Gasteiger partial charge on any atom is -0.460 e. The van der Waals surface area contributed by atoms with E-state index in [4.69, 9.17) is 9.47 Å². The molecule has 12 heteroatoms. The quantitative estimate of drug-likeness (QED) is 0.0905. The zero-order valence-electron chi connectivity index (χ0n) is 33.8. The van der Waals surface area contributed by atoms with E-state index in [1.165, 1.54) is 5.57 Å². The van der Waals surface area contributed by atoms with E-state index in [1.807, 2.05) is 6.08 Å². The third-order valence-corrected chi connectivity index (χ3v) is 19.4. The Morgan fingerprint density at radius 2 is 1.21 bits per heavy atom. The summed E-state index contributed by atoms with van der Waals surface area (Å²) < 4.78 is 11.7. The van der Waals surface area contributed by atoms with Crippen molar-refractivity contribution in [2.45, 2.75) is 185 Å². The fourth-order valence-electron chi connectivity index (χ4n) is 14.7. The molecule has 0 saturated heterocycles. The molecule has 0 aromatic heterocycles. The van der Waals surface area contributed by atoms with Gasteiger partial charge in [0.25, 0.3) is 0 Å². The van der Waals surface area contributed by atoms with Gasteiger partial charge in [-0.05, 0) is 136 Å². The van der Waals surface area contributed by atoms with Crippen LogP contribution in [0.3, 0.4) is 0 Å². The molecule has 8 aliphatic rings. The molecule has 19 atom stereocenters. The number of alkyl halides is 2. The van der Waals surface area contributed by atoms with Crippen LogP contribution in [0.5, 0.6) is 0 Å². The lowest BCUT2D eigenvalue weighted by Gasteiger charge is -2.62. The molecule has 0 heterocycles. The van der Waals surface area contributed by atoms with Crippen LogP contribution in [-0.2, 0) is 19.1 Å². The summed E-state index contributed by atoms with van der Waals surface area (Å²) in [5.74, 6) is 1.08. The Bertz CT molecular complexity index is 1500. The van der Waals surface area contributed by atoms with Gasteiger partial charge in [0.2, 0.25) is 0 Å². The van der Waals surface area contributed by atoms with Gasteiger partial charge >= 0.3 is 11.9 Å². The zero-order valence-corrected chi connectivity index (χ0v) is 37.0. The summed E-state index contributed by atoms with van der Waals surface area (Å²) >= 11 is 7.49. The standard InChI is InChI=1S/C22H35BrO5.C22H33BrO5.2CH4/c2*1-3-18(27)28-20-16(23)10-15-19-14(5-7-22(15,20)11-24)21(2)6-4-13(25)8-12(21)9-17(19)26;;/h12-17,19-20,24-26H,3-11H2,1-2H3;9,13-17,19-20,24-26H,3-8,10-11H2,1-2H3;2*1H4/t12?,13-,14?,15?,16+,17-,19?,20-,21-,22+;13-,14?,15?,16+,17-,19?,20-,21-,22+;;/m00../s1. The Kier molecular flexibility index (Phi) is 15.2. The first-order chi connectivity index (χ1) is 26.5. The number of carbonyl (C=O) groups excluding carboxylic acids is 2. The van der Waals surface area contributed by atoms with Gasteiger partial charge < -0.3 is 40.1 Å². The minimum atomic E-state index is -0.574. The predicted octanol–water partition coefficient (Wildman–Crippen LogP) is 7.25. The van der Waals surface area contributed by atoms with E-state index in [9.17, 15) is 40.2 Å². The smallest absolute Gasteiger partial charge is 0.305 e. The first-order valence-corrected chi connectivity index (χ1v) is 23.7. The minimum absolute atomic E-state index is 0. The number of rotatable bonds is 6. The molecule has 0 aromatic carbocycles. The molecule has 58 heavy (non-hydrogen) atoms. The van der Waals surface area contributed by atoms with Crippen LogP contribution in [0.2, 0.25) is 0 Å². The maximum atomic E-state index is 12.1. The monoisotopic (exact) mass is 946 g/mol. The van der Waals surface area contributed by atoms with Crippen LogP contribution < -0.4 is 0 Å². The van der Waals surface area contributed by atoms with Crippen LogP contribution in [-0.4, -0.2) is 102 Å². The molecule has 0 aliphatic heterocycles. The number of aliphatic hydroxyl groups is 6. The molecule has 0 bridgehead atoms. The molecule has 0 spiro atoms. The van der Waals surface area contributed by atoms with Gasteiger partial charge in [0, 0.05) is 23.7 Å². The highest BCUT2D eigenvalue weighted by molar-refractivity contribution is 9.09. The Hall–Kier alpha value is -0.600. The SMILES string of the molecule is C.C.CCC(=O)O[C@H]1[C@H](Br)CC2C3C(CC[C@@]21CO)[C@@]1(C)CC[C@H](O)CC1=C[C@@H]3O.CCC(=O)O[C@H]1[C@H](Br)CC2C3C(CC[C@@]21CO)[C@@]1(C)CC[C@H](O)CC1C[C@@H]3O. The van der Waals surface area contributed by atoms with Crippen LogP contribution in [0.15, 0.2) is 11.6 Å². The first kappa shape index (κ1) is 48.4. The van der Waals surface area contributed by atoms with E-state index in [0.717, 1.165) is 77.0 Å². The fourth-order valence-corrected chi connectivity index (χ4v) is 16.8. The van der Waals surface area contributed by atoms with Crippen molar-refractivity contribution in [2.75, 3.05) is 13.2 Å². The van der Waals surface area contributed by atoms with Gasteiger partial charge in [-0.25, -0.2) is 0 Å². The zero-order chi connectivity index (χ0) is 40.5. The maximum absolute atomic E-state index is 12.1. The van der Waals surface area contributed by atoms with Gasteiger partial charge in [-0.3, -0.25) is 9.59 Å². The highest BCUT2D eigenvalue weighted by Crippen LogP contribution is 2.68. The van der Waals surface area contributed by atoms with Crippen molar-refractivity contribution in [1.82, 2.24) is 0 Å². The van der Waals surface area contributed by atoms with Crippen molar-refractivity contribution in [3.05, 3.63) is 11.6 Å². The molecule has 334 valence electrons. The van der Waals surface area contributed by atoms with Crippen molar-refractivity contribution in [1.29, 1.82) is 0 Å². The lowest BCUT2D eigenvalue weighted by Crippen LogP contribution is -2.60. The number of aliphatic hydroxyl groups excluding tert-OH is 6. The number of ether oxygens (including phenoxy) is 2. The Labute approximate surface area is 364 Å². The number of fused-ring (bicyclic) bond motifs is 10. The molecule has 0 aromatic rings. The van der Waals surface area contributed by atoms with Gasteiger partial charge in [0.1, 0.15) is 12.2 Å². The fraction of sp³-hybridized carbons (Fsp3) is 0.913. The second-order valence-electron chi connectivity index (χ2n) is 19.9. The van der Waals surface area contributed by atoms with Gasteiger partial charge in [0.05, 0.1) is 47.3 Å². The molecule has 10 nitrogen and oxygen atoms in total.